The van der Waals surface area contributed by atoms with Crippen molar-refractivity contribution in [3.05, 3.63) is 63.7 Å². The highest BCUT2D eigenvalue weighted by molar-refractivity contribution is 7.92. The Bertz CT molecular complexity index is 1120. The zero-order valence-corrected chi connectivity index (χ0v) is 18.3. The maximum Gasteiger partial charge on any atom is 0.338 e. The number of anilines is 2. The second-order valence-electron chi connectivity index (χ2n) is 6.75. The quantitative estimate of drug-likeness (QED) is 0.372. The molecule has 2 rings (SSSR count). The van der Waals surface area contributed by atoms with Crippen molar-refractivity contribution in [2.75, 3.05) is 22.5 Å². The Balaban J connectivity index is 2.37. The second kappa shape index (κ2) is 9.56. The van der Waals surface area contributed by atoms with E-state index in [0.29, 0.717) is 11.3 Å². The van der Waals surface area contributed by atoms with Gasteiger partial charge in [-0.15, -0.1) is 0 Å². The Morgan fingerprint density at radius 1 is 1.23 bits per heavy atom. The third-order valence-electron chi connectivity index (χ3n) is 4.39. The lowest BCUT2D eigenvalue weighted by Gasteiger charge is -2.28. The number of nitro groups is 1. The van der Waals surface area contributed by atoms with Gasteiger partial charge in [-0.3, -0.25) is 19.2 Å². The molecule has 0 aliphatic rings. The molecule has 31 heavy (non-hydrogen) atoms. The Kier molecular flexibility index (Phi) is 7.34. The minimum Gasteiger partial charge on any atom is -0.462 e. The van der Waals surface area contributed by atoms with Gasteiger partial charge in [-0.25, -0.2) is 13.2 Å². The van der Waals surface area contributed by atoms with Gasteiger partial charge in [0.2, 0.25) is 15.9 Å². The van der Waals surface area contributed by atoms with Crippen molar-refractivity contribution in [1.29, 1.82) is 0 Å². The smallest absolute Gasteiger partial charge is 0.338 e. The molecule has 0 heterocycles. The van der Waals surface area contributed by atoms with Crippen LogP contribution in [-0.4, -0.2) is 44.1 Å². The lowest BCUT2D eigenvalue weighted by molar-refractivity contribution is -0.384. The van der Waals surface area contributed by atoms with Crippen molar-refractivity contribution < 1.29 is 27.7 Å². The molecule has 2 aromatic carbocycles. The Labute approximate surface area is 180 Å². The van der Waals surface area contributed by atoms with E-state index in [-0.39, 0.29) is 23.5 Å². The predicted octanol–water partition coefficient (Wildman–Crippen LogP) is 2.87. The molecule has 1 N–H and O–H groups in total. The highest BCUT2D eigenvalue weighted by atomic mass is 32.2. The molecule has 0 aliphatic carbocycles. The van der Waals surface area contributed by atoms with Crippen molar-refractivity contribution in [3.8, 4) is 0 Å². The number of nitrogens with one attached hydrogen (secondary N) is 1. The number of carbonyl (C=O) groups is 2. The lowest BCUT2D eigenvalue weighted by Crippen LogP contribution is -2.45. The first-order chi connectivity index (χ1) is 14.5. The van der Waals surface area contributed by atoms with E-state index >= 15 is 0 Å². The van der Waals surface area contributed by atoms with Crippen molar-refractivity contribution >= 4 is 39.0 Å². The van der Waals surface area contributed by atoms with E-state index in [2.05, 4.69) is 5.32 Å². The molecule has 0 saturated heterocycles. The van der Waals surface area contributed by atoms with Crippen LogP contribution in [0.25, 0.3) is 0 Å². The number of ether oxygens (including phenoxy) is 1. The molecule has 10 nitrogen and oxygen atoms in total. The van der Waals surface area contributed by atoms with Crippen molar-refractivity contribution in [2.45, 2.75) is 26.8 Å². The average molecular weight is 449 g/mol. The number of hydrogen-bond donors (Lipinski definition) is 1. The summed E-state index contributed by atoms with van der Waals surface area (Å²) >= 11 is 0. The minimum atomic E-state index is -3.96. The first-order valence-electron chi connectivity index (χ1n) is 9.28. The van der Waals surface area contributed by atoms with Gasteiger partial charge in [-0.1, -0.05) is 12.1 Å². The van der Waals surface area contributed by atoms with Gasteiger partial charge in [-0.05, 0) is 44.5 Å². The monoisotopic (exact) mass is 449 g/mol. The predicted molar refractivity (Wildman–Crippen MR) is 116 cm³/mol. The maximum absolute atomic E-state index is 12.9. The molecular weight excluding hydrogens is 426 g/mol. The van der Waals surface area contributed by atoms with Gasteiger partial charge >= 0.3 is 5.97 Å². The summed E-state index contributed by atoms with van der Waals surface area (Å²) in [4.78, 5) is 35.3. The van der Waals surface area contributed by atoms with Crippen molar-refractivity contribution in [3.63, 3.8) is 0 Å². The number of nitrogens with zero attached hydrogens (tertiary/aromatic N) is 2. The summed E-state index contributed by atoms with van der Waals surface area (Å²) in [6, 6.07) is 8.39. The van der Waals surface area contributed by atoms with Crippen LogP contribution in [0.5, 0.6) is 0 Å². The van der Waals surface area contributed by atoms with Gasteiger partial charge < -0.3 is 10.1 Å². The molecule has 0 saturated carbocycles. The normalized spacial score (nSPS) is 12.0. The first kappa shape index (κ1) is 23.8. The molecule has 0 fully saturated rings. The van der Waals surface area contributed by atoms with Crippen LogP contribution in [0.15, 0.2) is 42.5 Å². The summed E-state index contributed by atoms with van der Waals surface area (Å²) < 4.78 is 30.6. The highest BCUT2D eigenvalue weighted by Crippen LogP contribution is 2.26. The van der Waals surface area contributed by atoms with Crippen LogP contribution in [0.1, 0.15) is 29.8 Å². The Morgan fingerprint density at radius 3 is 2.48 bits per heavy atom. The number of esters is 1. The molecular formula is C20H23N3O7S. The van der Waals surface area contributed by atoms with Gasteiger partial charge in [0.15, 0.2) is 0 Å². The fraction of sp³-hybridized carbons (Fsp3) is 0.300. The van der Waals surface area contributed by atoms with E-state index in [1.165, 1.54) is 31.2 Å². The molecule has 0 spiro atoms. The third kappa shape index (κ3) is 5.79. The van der Waals surface area contributed by atoms with Gasteiger partial charge in [0, 0.05) is 17.8 Å². The fourth-order valence-electron chi connectivity index (χ4n) is 2.89. The summed E-state index contributed by atoms with van der Waals surface area (Å²) in [6.45, 7) is 4.94. The molecule has 166 valence electrons. The largest absolute Gasteiger partial charge is 0.462 e. The van der Waals surface area contributed by atoms with Crippen molar-refractivity contribution in [1.82, 2.24) is 0 Å². The number of hydrogen-bond acceptors (Lipinski definition) is 7. The molecule has 1 atom stereocenters. The van der Waals surface area contributed by atoms with E-state index in [1.807, 2.05) is 0 Å². The topological polar surface area (TPSA) is 136 Å². The number of nitro benzene ring substituents is 1. The molecule has 1 unspecified atom stereocenters. The minimum absolute atomic E-state index is 0.0173. The van der Waals surface area contributed by atoms with Crippen LogP contribution >= 0.6 is 0 Å². The summed E-state index contributed by atoms with van der Waals surface area (Å²) in [5.41, 5.74) is 0.867. The van der Waals surface area contributed by atoms with E-state index in [4.69, 9.17) is 4.74 Å². The van der Waals surface area contributed by atoms with E-state index in [1.54, 1.807) is 26.0 Å². The van der Waals surface area contributed by atoms with Crippen LogP contribution < -0.4 is 9.62 Å². The average Bonchev–Trinajstić information content (AvgIpc) is 2.69. The van der Waals surface area contributed by atoms with Crippen LogP contribution in [0.2, 0.25) is 0 Å². The number of sulfonamides is 1. The first-order valence-corrected chi connectivity index (χ1v) is 11.1. The summed E-state index contributed by atoms with van der Waals surface area (Å²) in [6.07, 6.45) is 0.905. The molecule has 1 amide bonds. The molecule has 2 aromatic rings. The van der Waals surface area contributed by atoms with Gasteiger partial charge in [-0.2, -0.15) is 0 Å². The van der Waals surface area contributed by atoms with E-state index in [0.717, 1.165) is 16.6 Å². The van der Waals surface area contributed by atoms with Crippen LogP contribution in [0.3, 0.4) is 0 Å². The van der Waals surface area contributed by atoms with Crippen LogP contribution in [0.4, 0.5) is 17.1 Å². The zero-order valence-electron chi connectivity index (χ0n) is 17.5. The van der Waals surface area contributed by atoms with Gasteiger partial charge in [0.05, 0.1) is 29.0 Å². The number of carbonyl (C=O) groups excluding carboxylic acids is 2. The van der Waals surface area contributed by atoms with Gasteiger partial charge in [0.1, 0.15) is 6.04 Å². The SMILES string of the molecule is CCOC(=O)c1ccc(C)c(NC(=O)C(C)N(c2cccc([N+](=O)[O-])c2)S(C)(=O)=O)c1. The molecule has 11 heteroatoms. The number of benzene rings is 2. The standard InChI is InChI=1S/C20H23N3O7S/c1-5-30-20(25)15-10-9-13(2)18(11-15)21-19(24)14(3)22(31(4,28)29)16-7-6-8-17(12-16)23(26)27/h6-12,14H,5H2,1-4H3,(H,21,24). The second-order valence-corrected chi connectivity index (χ2v) is 8.61. The summed E-state index contributed by atoms with van der Waals surface area (Å²) in [5.74, 6) is -1.23. The molecule has 0 aliphatic heterocycles. The van der Waals surface area contributed by atoms with E-state index in [9.17, 15) is 28.1 Å². The summed E-state index contributed by atoms with van der Waals surface area (Å²) in [7, 11) is -3.96. The third-order valence-corrected chi connectivity index (χ3v) is 5.63. The lowest BCUT2D eigenvalue weighted by atomic mass is 10.1. The fourth-order valence-corrected chi connectivity index (χ4v) is 4.05. The Morgan fingerprint density at radius 2 is 1.90 bits per heavy atom. The maximum atomic E-state index is 12.9. The van der Waals surface area contributed by atoms with Crippen LogP contribution in [-0.2, 0) is 19.6 Å². The van der Waals surface area contributed by atoms with Gasteiger partial charge in [0.25, 0.3) is 5.69 Å². The summed E-state index contributed by atoms with van der Waals surface area (Å²) in [5, 5.41) is 13.7. The Hall–Kier alpha value is -3.47. The number of non-ortho nitro benzene ring substituents is 1. The number of rotatable bonds is 8. The number of amides is 1. The van der Waals surface area contributed by atoms with E-state index < -0.39 is 32.9 Å². The van der Waals surface area contributed by atoms with Crippen LogP contribution in [0, 0.1) is 17.0 Å². The molecule has 0 bridgehead atoms. The number of aryl methyl sites for hydroxylation is 1. The zero-order chi connectivity index (χ0) is 23.3. The highest BCUT2D eigenvalue weighted by Gasteiger charge is 2.30. The molecule has 0 radical (unpaired) electrons. The van der Waals surface area contributed by atoms with Crippen molar-refractivity contribution in [2.24, 2.45) is 0 Å². The molecule has 0 aromatic heterocycles.